The third-order valence-corrected chi connectivity index (χ3v) is 2.69. The van der Waals surface area contributed by atoms with Crippen LogP contribution in [-0.4, -0.2) is 36.2 Å². The first-order valence-corrected chi connectivity index (χ1v) is 6.18. The Balaban J connectivity index is 3.05. The second-order valence-corrected chi connectivity index (χ2v) is 4.45. The molecule has 0 fully saturated rings. The number of rotatable bonds is 4. The Bertz CT molecular complexity index is 451. The minimum atomic E-state index is -0.857. The molecule has 0 aromatic rings. The van der Waals surface area contributed by atoms with Crippen molar-refractivity contribution < 1.29 is 28.6 Å². The summed E-state index contributed by atoms with van der Waals surface area (Å²) < 4.78 is 15.4. The molecule has 1 aliphatic rings. The summed E-state index contributed by atoms with van der Waals surface area (Å²) in [4.78, 5) is 33.5. The lowest BCUT2D eigenvalue weighted by Gasteiger charge is -2.34. The molecule has 0 N–H and O–H groups in total. The van der Waals surface area contributed by atoms with Crippen molar-refractivity contribution >= 4 is 17.9 Å². The van der Waals surface area contributed by atoms with Crippen molar-refractivity contribution in [2.45, 2.75) is 45.5 Å². The van der Waals surface area contributed by atoms with Gasteiger partial charge >= 0.3 is 17.9 Å². The summed E-state index contributed by atoms with van der Waals surface area (Å²) in [5, 5.41) is 0. The van der Waals surface area contributed by atoms with Gasteiger partial charge in [0.2, 0.25) is 0 Å². The highest BCUT2D eigenvalue weighted by atomic mass is 16.6. The average Bonchev–Trinajstić information content (AvgIpc) is 2.30. The van der Waals surface area contributed by atoms with E-state index in [1.165, 1.54) is 20.8 Å². The molecule has 1 aliphatic carbocycles. The maximum absolute atomic E-state index is 11.2. The van der Waals surface area contributed by atoms with Gasteiger partial charge in [-0.2, -0.15) is 0 Å². The van der Waals surface area contributed by atoms with E-state index in [2.05, 4.69) is 6.58 Å². The monoisotopic (exact) mass is 282 g/mol. The molecule has 0 heterocycles. The van der Waals surface area contributed by atoms with Gasteiger partial charge in [-0.3, -0.25) is 14.4 Å². The van der Waals surface area contributed by atoms with Crippen LogP contribution in [0.3, 0.4) is 0 Å². The molecular weight excluding hydrogens is 264 g/mol. The minimum absolute atomic E-state index is 0.346. The van der Waals surface area contributed by atoms with Crippen LogP contribution in [-0.2, 0) is 28.6 Å². The molecule has 0 saturated heterocycles. The van der Waals surface area contributed by atoms with Gasteiger partial charge in [0, 0.05) is 27.2 Å². The predicted molar refractivity (Wildman–Crippen MR) is 69.6 cm³/mol. The van der Waals surface area contributed by atoms with Crippen LogP contribution in [0.1, 0.15) is 27.2 Å². The van der Waals surface area contributed by atoms with E-state index >= 15 is 0 Å². The van der Waals surface area contributed by atoms with Gasteiger partial charge in [0.25, 0.3) is 0 Å². The van der Waals surface area contributed by atoms with Crippen LogP contribution < -0.4 is 0 Å². The summed E-state index contributed by atoms with van der Waals surface area (Å²) >= 11 is 0. The van der Waals surface area contributed by atoms with Crippen LogP contribution in [0, 0.1) is 0 Å². The molecule has 0 spiro atoms. The molecule has 0 saturated carbocycles. The van der Waals surface area contributed by atoms with Crippen molar-refractivity contribution in [3.05, 3.63) is 24.3 Å². The van der Waals surface area contributed by atoms with E-state index in [1.807, 2.05) is 0 Å². The molecule has 0 radical (unpaired) electrons. The Hall–Kier alpha value is -2.11. The van der Waals surface area contributed by atoms with Crippen molar-refractivity contribution in [1.29, 1.82) is 0 Å². The van der Waals surface area contributed by atoms with Gasteiger partial charge < -0.3 is 14.2 Å². The highest BCUT2D eigenvalue weighted by Crippen LogP contribution is 2.27. The maximum atomic E-state index is 11.2. The maximum Gasteiger partial charge on any atom is 0.303 e. The van der Waals surface area contributed by atoms with Crippen molar-refractivity contribution in [2.24, 2.45) is 0 Å². The van der Waals surface area contributed by atoms with E-state index in [0.29, 0.717) is 6.42 Å². The van der Waals surface area contributed by atoms with Gasteiger partial charge in [-0.1, -0.05) is 12.7 Å². The lowest BCUT2D eigenvalue weighted by molar-refractivity contribution is -0.180. The van der Waals surface area contributed by atoms with E-state index in [0.717, 1.165) is 5.57 Å². The summed E-state index contributed by atoms with van der Waals surface area (Å²) in [7, 11) is 0. The second-order valence-electron chi connectivity index (χ2n) is 4.45. The molecule has 0 amide bonds. The smallest absolute Gasteiger partial charge is 0.303 e. The van der Waals surface area contributed by atoms with Crippen LogP contribution in [0.5, 0.6) is 0 Å². The van der Waals surface area contributed by atoms with Crippen LogP contribution in [0.15, 0.2) is 24.3 Å². The zero-order valence-electron chi connectivity index (χ0n) is 11.8. The lowest BCUT2D eigenvalue weighted by Crippen LogP contribution is -2.46. The lowest BCUT2D eigenvalue weighted by atomic mass is 9.91. The minimum Gasteiger partial charge on any atom is -0.458 e. The molecule has 3 atom stereocenters. The van der Waals surface area contributed by atoms with Crippen molar-refractivity contribution in [1.82, 2.24) is 0 Å². The Morgan fingerprint density at radius 1 is 1.10 bits per heavy atom. The molecule has 0 bridgehead atoms. The predicted octanol–water partition coefficient (Wildman–Crippen LogP) is 1.30. The largest absolute Gasteiger partial charge is 0.458 e. The highest BCUT2D eigenvalue weighted by Gasteiger charge is 2.39. The van der Waals surface area contributed by atoms with Crippen LogP contribution >= 0.6 is 0 Å². The number of hydrogen-bond acceptors (Lipinski definition) is 6. The third-order valence-electron chi connectivity index (χ3n) is 2.69. The fraction of sp³-hybridized carbons (Fsp3) is 0.500. The molecule has 0 aromatic carbocycles. The van der Waals surface area contributed by atoms with Crippen LogP contribution in [0.4, 0.5) is 0 Å². The van der Waals surface area contributed by atoms with Gasteiger partial charge in [0.1, 0.15) is 6.10 Å². The molecule has 6 heteroatoms. The van der Waals surface area contributed by atoms with Gasteiger partial charge in [-0.15, -0.1) is 0 Å². The first kappa shape index (κ1) is 15.9. The third kappa shape index (κ3) is 4.53. The van der Waals surface area contributed by atoms with E-state index < -0.39 is 36.2 Å². The Morgan fingerprint density at radius 2 is 1.65 bits per heavy atom. The Labute approximate surface area is 117 Å². The number of allylic oxidation sites excluding steroid dienone is 1. The first-order chi connectivity index (χ1) is 9.33. The van der Waals surface area contributed by atoms with Crippen molar-refractivity contribution in [3.63, 3.8) is 0 Å². The SMILES string of the molecule is C=CC1=C[C@H](OC(C)=O)[C@@H](OC(C)=O)[C@H](OC(C)=O)C1. The van der Waals surface area contributed by atoms with Crippen molar-refractivity contribution in [2.75, 3.05) is 0 Å². The average molecular weight is 282 g/mol. The topological polar surface area (TPSA) is 78.9 Å². The van der Waals surface area contributed by atoms with Crippen LogP contribution in [0.25, 0.3) is 0 Å². The zero-order valence-corrected chi connectivity index (χ0v) is 11.8. The van der Waals surface area contributed by atoms with Gasteiger partial charge in [0.05, 0.1) is 0 Å². The fourth-order valence-electron chi connectivity index (χ4n) is 2.03. The summed E-state index contributed by atoms with van der Waals surface area (Å²) in [6, 6.07) is 0. The van der Waals surface area contributed by atoms with Crippen LogP contribution in [0.2, 0.25) is 0 Å². The standard InChI is InChI=1S/C14H18O6/c1-5-11-6-12(18-8(2)15)14(20-10(4)17)13(7-11)19-9(3)16/h5-6,12-14H,1,7H2,2-4H3/t12-,13+,14+/m0/s1. The molecule has 0 aromatic heterocycles. The van der Waals surface area contributed by atoms with Gasteiger partial charge in [0.15, 0.2) is 12.2 Å². The molecule has 0 aliphatic heterocycles. The number of carbonyl (C=O) groups excluding carboxylic acids is 3. The number of ether oxygens (including phenoxy) is 3. The molecule has 110 valence electrons. The first-order valence-electron chi connectivity index (χ1n) is 6.18. The second kappa shape index (κ2) is 6.88. The summed E-state index contributed by atoms with van der Waals surface area (Å²) in [6.45, 7) is 7.39. The molecule has 1 rings (SSSR count). The highest BCUT2D eigenvalue weighted by molar-refractivity contribution is 5.68. The summed E-state index contributed by atoms with van der Waals surface area (Å²) in [6.07, 6.45) is 1.20. The fourth-order valence-corrected chi connectivity index (χ4v) is 2.03. The number of hydrogen-bond donors (Lipinski definition) is 0. The summed E-state index contributed by atoms with van der Waals surface area (Å²) in [5.74, 6) is -1.56. The van der Waals surface area contributed by atoms with E-state index in [9.17, 15) is 14.4 Å². The van der Waals surface area contributed by atoms with E-state index in [4.69, 9.17) is 14.2 Å². The normalized spacial score (nSPS) is 25.1. The van der Waals surface area contributed by atoms with Gasteiger partial charge in [-0.05, 0) is 11.6 Å². The van der Waals surface area contributed by atoms with E-state index in [-0.39, 0.29) is 0 Å². The zero-order chi connectivity index (χ0) is 15.3. The summed E-state index contributed by atoms with van der Waals surface area (Å²) in [5.41, 5.74) is 0.755. The number of carbonyl (C=O) groups is 3. The van der Waals surface area contributed by atoms with E-state index in [1.54, 1.807) is 12.2 Å². The molecule has 6 nitrogen and oxygen atoms in total. The van der Waals surface area contributed by atoms with Crippen molar-refractivity contribution in [3.8, 4) is 0 Å². The molecular formula is C14H18O6. The molecule has 0 unspecified atom stereocenters. The number of esters is 3. The Morgan fingerprint density at radius 3 is 2.10 bits per heavy atom. The quantitative estimate of drug-likeness (QED) is 0.571. The Kier molecular flexibility index (Phi) is 5.49. The molecule has 20 heavy (non-hydrogen) atoms. The van der Waals surface area contributed by atoms with Gasteiger partial charge in [-0.25, -0.2) is 0 Å².